The molecular weight excluding hydrogens is 345 g/mol. The number of amides is 1. The third-order valence-corrected chi connectivity index (χ3v) is 3.05. The molecule has 0 spiro atoms. The predicted molar refractivity (Wildman–Crippen MR) is 80.0 cm³/mol. The monoisotopic (exact) mass is 358 g/mol. The number of nitro groups is 1. The van der Waals surface area contributed by atoms with Crippen molar-refractivity contribution in [2.75, 3.05) is 11.9 Å². The maximum atomic E-state index is 12.1. The molecule has 11 heteroatoms. The third-order valence-electron chi connectivity index (χ3n) is 3.05. The molecule has 2 rings (SSSR count). The quantitative estimate of drug-likeness (QED) is 0.632. The predicted octanol–water partition coefficient (Wildman–Crippen LogP) is 2.89. The second kappa shape index (κ2) is 7.30. The van der Waals surface area contributed by atoms with Crippen LogP contribution in [0.3, 0.4) is 0 Å². The first-order valence-corrected chi connectivity index (χ1v) is 6.89. The maximum Gasteiger partial charge on any atom is 0.411 e. The van der Waals surface area contributed by atoms with Gasteiger partial charge in [0.15, 0.2) is 0 Å². The van der Waals surface area contributed by atoms with E-state index in [1.807, 2.05) is 0 Å². The van der Waals surface area contributed by atoms with Gasteiger partial charge < -0.3 is 10.1 Å². The van der Waals surface area contributed by atoms with E-state index in [2.05, 4.69) is 15.2 Å². The van der Waals surface area contributed by atoms with Gasteiger partial charge in [0, 0.05) is 17.2 Å². The molecule has 25 heavy (non-hydrogen) atoms. The fourth-order valence-electron chi connectivity index (χ4n) is 1.90. The third kappa shape index (κ3) is 5.28. The summed E-state index contributed by atoms with van der Waals surface area (Å²) in [5.74, 6) is -0.612. The van der Waals surface area contributed by atoms with E-state index in [9.17, 15) is 28.1 Å². The highest BCUT2D eigenvalue weighted by atomic mass is 19.4. The number of carbonyl (C=O) groups excluding carboxylic acids is 1. The zero-order valence-corrected chi connectivity index (χ0v) is 12.9. The Labute approximate surface area is 139 Å². The number of nitrogens with zero attached hydrogens (tertiary/aromatic N) is 3. The summed E-state index contributed by atoms with van der Waals surface area (Å²) < 4.78 is 41.4. The standard InChI is InChI=1S/C14H13F3N4O4/c1-9-2-3-10(4-12(9)21(23)24)13(22)19-11-5-18-20(6-11)8-25-7-14(15,16)17/h2-6H,7-8H2,1H3,(H,19,22). The van der Waals surface area contributed by atoms with Gasteiger partial charge in [0.25, 0.3) is 11.6 Å². The number of nitrogens with one attached hydrogen (secondary N) is 1. The van der Waals surface area contributed by atoms with Crippen LogP contribution in [0.25, 0.3) is 0 Å². The van der Waals surface area contributed by atoms with E-state index in [1.165, 1.54) is 24.5 Å². The van der Waals surface area contributed by atoms with Crippen molar-refractivity contribution in [2.45, 2.75) is 19.8 Å². The molecule has 134 valence electrons. The van der Waals surface area contributed by atoms with Crippen molar-refractivity contribution >= 4 is 17.3 Å². The molecule has 0 saturated carbocycles. The number of aromatic nitrogens is 2. The lowest BCUT2D eigenvalue weighted by Gasteiger charge is -2.07. The highest BCUT2D eigenvalue weighted by Gasteiger charge is 2.27. The van der Waals surface area contributed by atoms with Gasteiger partial charge in [0.1, 0.15) is 13.3 Å². The summed E-state index contributed by atoms with van der Waals surface area (Å²) in [6.07, 6.45) is -1.95. The molecule has 1 N–H and O–H groups in total. The van der Waals surface area contributed by atoms with Crippen molar-refractivity contribution in [1.82, 2.24) is 9.78 Å². The van der Waals surface area contributed by atoms with Crippen molar-refractivity contribution in [2.24, 2.45) is 0 Å². The Morgan fingerprint density at radius 1 is 1.44 bits per heavy atom. The van der Waals surface area contributed by atoms with E-state index in [0.717, 1.165) is 10.7 Å². The van der Waals surface area contributed by atoms with Crippen LogP contribution in [0.1, 0.15) is 15.9 Å². The Morgan fingerprint density at radius 2 is 2.16 bits per heavy atom. The number of hydrogen-bond donors (Lipinski definition) is 1. The largest absolute Gasteiger partial charge is 0.411 e. The molecule has 0 aliphatic carbocycles. The van der Waals surface area contributed by atoms with Gasteiger partial charge in [-0.3, -0.25) is 14.9 Å². The summed E-state index contributed by atoms with van der Waals surface area (Å²) in [6.45, 7) is -0.308. The van der Waals surface area contributed by atoms with Crippen molar-refractivity contribution in [1.29, 1.82) is 0 Å². The Balaban J connectivity index is 1.99. The number of hydrogen-bond acceptors (Lipinski definition) is 5. The first-order chi connectivity index (χ1) is 11.7. The molecular formula is C14H13F3N4O4. The zero-order chi connectivity index (χ0) is 18.6. The minimum absolute atomic E-state index is 0.0679. The molecule has 0 saturated heterocycles. The zero-order valence-electron chi connectivity index (χ0n) is 12.9. The van der Waals surface area contributed by atoms with Gasteiger partial charge in [0.05, 0.1) is 23.0 Å². The second-order valence-electron chi connectivity index (χ2n) is 5.07. The molecule has 0 aliphatic rings. The molecule has 0 atom stereocenters. The van der Waals surface area contributed by atoms with Crippen LogP contribution in [0.4, 0.5) is 24.5 Å². The van der Waals surface area contributed by atoms with Gasteiger partial charge in [-0.2, -0.15) is 18.3 Å². The number of nitro benzene ring substituents is 1. The Bertz CT molecular complexity index is 789. The van der Waals surface area contributed by atoms with Crippen LogP contribution in [0.15, 0.2) is 30.6 Å². The minimum Gasteiger partial charge on any atom is -0.350 e. The Hall–Kier alpha value is -2.95. The second-order valence-corrected chi connectivity index (χ2v) is 5.07. The van der Waals surface area contributed by atoms with E-state index < -0.39 is 30.3 Å². The van der Waals surface area contributed by atoms with Crippen LogP contribution < -0.4 is 5.32 Å². The van der Waals surface area contributed by atoms with Crippen molar-refractivity contribution in [3.8, 4) is 0 Å². The lowest BCUT2D eigenvalue weighted by Crippen LogP contribution is -2.18. The number of ether oxygens (including phenoxy) is 1. The summed E-state index contributed by atoms with van der Waals surface area (Å²) in [4.78, 5) is 22.4. The topological polar surface area (TPSA) is 99.3 Å². The average molecular weight is 358 g/mol. The average Bonchev–Trinajstić information content (AvgIpc) is 2.93. The summed E-state index contributed by atoms with van der Waals surface area (Å²) in [6, 6.07) is 4.01. The maximum absolute atomic E-state index is 12.1. The molecule has 1 aromatic heterocycles. The first-order valence-electron chi connectivity index (χ1n) is 6.89. The number of halogens is 3. The van der Waals surface area contributed by atoms with Crippen LogP contribution in [-0.4, -0.2) is 33.4 Å². The van der Waals surface area contributed by atoms with Gasteiger partial charge in [-0.25, -0.2) is 4.68 Å². The molecule has 8 nitrogen and oxygen atoms in total. The number of rotatable bonds is 6. The molecule has 0 fully saturated rings. The number of benzene rings is 1. The molecule has 0 bridgehead atoms. The molecule has 2 aromatic rings. The molecule has 1 heterocycles. The van der Waals surface area contributed by atoms with Crippen LogP contribution in [-0.2, 0) is 11.5 Å². The van der Waals surface area contributed by atoms with E-state index in [-0.39, 0.29) is 16.9 Å². The number of alkyl halides is 3. The highest BCUT2D eigenvalue weighted by Crippen LogP contribution is 2.20. The van der Waals surface area contributed by atoms with Crippen LogP contribution in [0.5, 0.6) is 0 Å². The van der Waals surface area contributed by atoms with Crippen LogP contribution in [0, 0.1) is 17.0 Å². The van der Waals surface area contributed by atoms with Crippen molar-refractivity contribution in [3.05, 3.63) is 51.8 Å². The SMILES string of the molecule is Cc1ccc(C(=O)Nc2cnn(COCC(F)(F)F)c2)cc1[N+](=O)[O-]. The van der Waals surface area contributed by atoms with E-state index in [1.54, 1.807) is 6.92 Å². The molecule has 0 radical (unpaired) electrons. The molecule has 1 aromatic carbocycles. The lowest BCUT2D eigenvalue weighted by molar-refractivity contribution is -0.385. The summed E-state index contributed by atoms with van der Waals surface area (Å²) in [5.41, 5.74) is 0.502. The highest BCUT2D eigenvalue weighted by molar-refractivity contribution is 6.04. The fraction of sp³-hybridized carbons (Fsp3) is 0.286. The Kier molecular flexibility index (Phi) is 5.37. The van der Waals surface area contributed by atoms with Crippen molar-refractivity contribution < 1.29 is 27.6 Å². The van der Waals surface area contributed by atoms with Gasteiger partial charge in [-0.15, -0.1) is 0 Å². The van der Waals surface area contributed by atoms with Gasteiger partial charge in [-0.05, 0) is 13.0 Å². The van der Waals surface area contributed by atoms with Crippen molar-refractivity contribution in [3.63, 3.8) is 0 Å². The molecule has 0 aliphatic heterocycles. The van der Waals surface area contributed by atoms with Gasteiger partial charge in [-0.1, -0.05) is 6.07 Å². The van der Waals surface area contributed by atoms with Gasteiger partial charge >= 0.3 is 6.18 Å². The fourth-order valence-corrected chi connectivity index (χ4v) is 1.90. The molecule has 0 unspecified atom stereocenters. The van der Waals surface area contributed by atoms with E-state index in [4.69, 9.17) is 0 Å². The normalized spacial score (nSPS) is 11.4. The number of aryl methyl sites for hydroxylation is 1. The van der Waals surface area contributed by atoms with Crippen LogP contribution >= 0.6 is 0 Å². The minimum atomic E-state index is -4.44. The lowest BCUT2D eigenvalue weighted by atomic mass is 10.1. The van der Waals surface area contributed by atoms with Crippen LogP contribution in [0.2, 0.25) is 0 Å². The smallest absolute Gasteiger partial charge is 0.350 e. The van der Waals surface area contributed by atoms with Gasteiger partial charge in [0.2, 0.25) is 0 Å². The number of anilines is 1. The first kappa shape index (κ1) is 18.4. The number of carbonyl (C=O) groups is 1. The van der Waals surface area contributed by atoms with E-state index >= 15 is 0 Å². The van der Waals surface area contributed by atoms with E-state index in [0.29, 0.717) is 5.56 Å². The summed E-state index contributed by atoms with van der Waals surface area (Å²) >= 11 is 0. The molecule has 1 amide bonds. The summed E-state index contributed by atoms with van der Waals surface area (Å²) in [5, 5.41) is 17.1. The summed E-state index contributed by atoms with van der Waals surface area (Å²) in [7, 11) is 0. The Morgan fingerprint density at radius 3 is 2.80 bits per heavy atom.